The smallest absolute Gasteiger partial charge is 0.0472 e. The van der Waals surface area contributed by atoms with Crippen molar-refractivity contribution in [2.45, 2.75) is 38.6 Å². The second kappa shape index (κ2) is 4.93. The average Bonchev–Trinajstić information content (AvgIpc) is 2.17. The monoisotopic (exact) mass is 221 g/mol. The van der Waals surface area contributed by atoms with Gasteiger partial charge in [-0.1, -0.05) is 19.9 Å². The van der Waals surface area contributed by atoms with Crippen LogP contribution in [-0.2, 0) is 5.41 Å². The van der Waals surface area contributed by atoms with Gasteiger partial charge in [0.25, 0.3) is 0 Å². The Balaban J connectivity index is 2.53. The Hall–Kier alpha value is -0.930. The van der Waals surface area contributed by atoms with Crippen LogP contribution >= 0.6 is 0 Å². The number of nitrogens with one attached hydrogen (secondary N) is 1. The molecular formula is C13H23N3. The second-order valence-corrected chi connectivity index (χ2v) is 5.69. The van der Waals surface area contributed by atoms with Gasteiger partial charge in [0, 0.05) is 35.9 Å². The Kier molecular flexibility index (Phi) is 4.05. The molecule has 90 valence electrons. The zero-order valence-corrected chi connectivity index (χ0v) is 10.7. The summed E-state index contributed by atoms with van der Waals surface area (Å²) < 4.78 is 0. The average molecular weight is 221 g/mol. The molecular weight excluding hydrogens is 198 g/mol. The molecule has 0 aliphatic heterocycles. The Morgan fingerprint density at radius 1 is 1.19 bits per heavy atom. The lowest BCUT2D eigenvalue weighted by molar-refractivity contribution is 0.405. The highest BCUT2D eigenvalue weighted by Crippen LogP contribution is 2.19. The van der Waals surface area contributed by atoms with E-state index in [4.69, 9.17) is 5.73 Å². The normalized spacial score (nSPS) is 12.8. The molecule has 0 bridgehead atoms. The van der Waals surface area contributed by atoms with E-state index in [9.17, 15) is 0 Å². The summed E-state index contributed by atoms with van der Waals surface area (Å²) in [4.78, 5) is 4.39. The van der Waals surface area contributed by atoms with Crippen molar-refractivity contribution in [3.63, 3.8) is 0 Å². The highest BCUT2D eigenvalue weighted by molar-refractivity contribution is 5.14. The van der Waals surface area contributed by atoms with Crippen LogP contribution in [0.5, 0.6) is 0 Å². The van der Waals surface area contributed by atoms with Gasteiger partial charge in [0.2, 0.25) is 0 Å². The lowest BCUT2D eigenvalue weighted by atomic mass is 9.88. The number of pyridine rings is 1. The van der Waals surface area contributed by atoms with Gasteiger partial charge in [-0.2, -0.15) is 0 Å². The third-order valence-electron chi connectivity index (χ3n) is 2.51. The van der Waals surface area contributed by atoms with E-state index >= 15 is 0 Å². The molecule has 3 heteroatoms. The van der Waals surface area contributed by atoms with E-state index in [2.05, 4.69) is 30.2 Å². The Bertz CT molecular complexity index is 312. The molecule has 0 spiro atoms. The summed E-state index contributed by atoms with van der Waals surface area (Å²) in [5.41, 5.74) is 6.90. The van der Waals surface area contributed by atoms with Gasteiger partial charge in [0.15, 0.2) is 0 Å². The first-order chi connectivity index (χ1) is 7.31. The fraction of sp³-hybridized carbons (Fsp3) is 0.615. The zero-order valence-electron chi connectivity index (χ0n) is 10.7. The summed E-state index contributed by atoms with van der Waals surface area (Å²) in [6.07, 6.45) is 1.84. The predicted octanol–water partition coefficient (Wildman–Crippen LogP) is 1.69. The fourth-order valence-corrected chi connectivity index (χ4v) is 1.55. The van der Waals surface area contributed by atoms with Crippen LogP contribution in [0.25, 0.3) is 0 Å². The van der Waals surface area contributed by atoms with Crippen molar-refractivity contribution >= 4 is 0 Å². The number of hydrogen-bond donors (Lipinski definition) is 2. The van der Waals surface area contributed by atoms with Crippen LogP contribution in [0.1, 0.15) is 33.4 Å². The maximum absolute atomic E-state index is 5.93. The maximum Gasteiger partial charge on any atom is 0.0472 e. The molecule has 0 aliphatic rings. The van der Waals surface area contributed by atoms with E-state index in [0.29, 0.717) is 0 Å². The standard InChI is InChI=1S/C13H23N3/c1-12(2,9-15-10-13(3,4)14)11-7-5-6-8-16-11/h5-8,15H,9-10,14H2,1-4H3. The molecule has 0 unspecified atom stereocenters. The third kappa shape index (κ3) is 4.29. The molecule has 3 nitrogen and oxygen atoms in total. The van der Waals surface area contributed by atoms with Gasteiger partial charge in [-0.3, -0.25) is 4.98 Å². The van der Waals surface area contributed by atoms with E-state index in [-0.39, 0.29) is 11.0 Å². The molecule has 0 saturated heterocycles. The van der Waals surface area contributed by atoms with Gasteiger partial charge in [0.05, 0.1) is 0 Å². The number of aromatic nitrogens is 1. The Morgan fingerprint density at radius 2 is 1.88 bits per heavy atom. The molecule has 3 N–H and O–H groups in total. The van der Waals surface area contributed by atoms with Crippen LogP contribution in [-0.4, -0.2) is 23.6 Å². The third-order valence-corrected chi connectivity index (χ3v) is 2.51. The summed E-state index contributed by atoms with van der Waals surface area (Å²) in [5, 5.41) is 3.40. The molecule has 0 aromatic carbocycles. The minimum atomic E-state index is -0.166. The van der Waals surface area contributed by atoms with Crippen LogP contribution in [0.15, 0.2) is 24.4 Å². The van der Waals surface area contributed by atoms with Crippen LogP contribution in [0.4, 0.5) is 0 Å². The number of nitrogens with zero attached hydrogens (tertiary/aromatic N) is 1. The van der Waals surface area contributed by atoms with Crippen molar-refractivity contribution in [1.82, 2.24) is 10.3 Å². The van der Waals surface area contributed by atoms with Gasteiger partial charge in [0.1, 0.15) is 0 Å². The first-order valence-corrected chi connectivity index (χ1v) is 5.72. The first-order valence-electron chi connectivity index (χ1n) is 5.72. The summed E-state index contributed by atoms with van der Waals surface area (Å²) in [6.45, 7) is 10.1. The summed E-state index contributed by atoms with van der Waals surface area (Å²) in [6, 6.07) is 6.03. The van der Waals surface area contributed by atoms with E-state index in [1.807, 2.05) is 32.2 Å². The first kappa shape index (κ1) is 13.1. The van der Waals surface area contributed by atoms with Crippen molar-refractivity contribution in [2.75, 3.05) is 13.1 Å². The summed E-state index contributed by atoms with van der Waals surface area (Å²) >= 11 is 0. The fourth-order valence-electron chi connectivity index (χ4n) is 1.55. The van der Waals surface area contributed by atoms with Gasteiger partial charge in [-0.25, -0.2) is 0 Å². The topological polar surface area (TPSA) is 50.9 Å². The highest BCUT2D eigenvalue weighted by Gasteiger charge is 2.22. The maximum atomic E-state index is 5.93. The van der Waals surface area contributed by atoms with Crippen molar-refractivity contribution in [3.8, 4) is 0 Å². The van der Waals surface area contributed by atoms with Crippen molar-refractivity contribution in [1.29, 1.82) is 0 Å². The second-order valence-electron chi connectivity index (χ2n) is 5.69. The van der Waals surface area contributed by atoms with Crippen molar-refractivity contribution in [2.24, 2.45) is 5.73 Å². The number of rotatable bonds is 5. The Morgan fingerprint density at radius 3 is 2.38 bits per heavy atom. The van der Waals surface area contributed by atoms with Gasteiger partial charge < -0.3 is 11.1 Å². The summed E-state index contributed by atoms with van der Waals surface area (Å²) in [5.74, 6) is 0. The molecule has 0 atom stereocenters. The van der Waals surface area contributed by atoms with E-state index < -0.39 is 0 Å². The van der Waals surface area contributed by atoms with Crippen molar-refractivity contribution in [3.05, 3.63) is 30.1 Å². The molecule has 0 saturated carbocycles. The molecule has 1 aromatic rings. The SMILES string of the molecule is CC(C)(N)CNCC(C)(C)c1ccccn1. The van der Waals surface area contributed by atoms with Crippen LogP contribution < -0.4 is 11.1 Å². The lowest BCUT2D eigenvalue weighted by Crippen LogP contribution is -2.46. The molecule has 0 amide bonds. The molecule has 0 radical (unpaired) electrons. The minimum Gasteiger partial charge on any atom is -0.324 e. The van der Waals surface area contributed by atoms with Gasteiger partial charge >= 0.3 is 0 Å². The molecule has 1 rings (SSSR count). The van der Waals surface area contributed by atoms with Gasteiger partial charge in [-0.15, -0.1) is 0 Å². The summed E-state index contributed by atoms with van der Waals surface area (Å²) in [7, 11) is 0. The molecule has 0 aliphatic carbocycles. The van der Waals surface area contributed by atoms with Crippen molar-refractivity contribution < 1.29 is 0 Å². The van der Waals surface area contributed by atoms with Gasteiger partial charge in [-0.05, 0) is 26.0 Å². The molecule has 1 aromatic heterocycles. The quantitative estimate of drug-likeness (QED) is 0.795. The predicted molar refractivity (Wildman–Crippen MR) is 68.4 cm³/mol. The van der Waals surface area contributed by atoms with E-state index in [1.165, 1.54) is 0 Å². The largest absolute Gasteiger partial charge is 0.324 e. The van der Waals surface area contributed by atoms with Crippen LogP contribution in [0, 0.1) is 0 Å². The minimum absolute atomic E-state index is 0.0342. The number of hydrogen-bond acceptors (Lipinski definition) is 3. The molecule has 16 heavy (non-hydrogen) atoms. The van der Waals surface area contributed by atoms with E-state index in [0.717, 1.165) is 18.8 Å². The highest BCUT2D eigenvalue weighted by atomic mass is 14.9. The lowest BCUT2D eigenvalue weighted by Gasteiger charge is -2.27. The zero-order chi connectivity index (χ0) is 12.2. The van der Waals surface area contributed by atoms with E-state index in [1.54, 1.807) is 0 Å². The van der Waals surface area contributed by atoms with Crippen LogP contribution in [0.3, 0.4) is 0 Å². The Labute approximate surface area is 98.5 Å². The number of nitrogens with two attached hydrogens (primary N) is 1. The van der Waals surface area contributed by atoms with Crippen LogP contribution in [0.2, 0.25) is 0 Å². The molecule has 1 heterocycles. The molecule has 0 fully saturated rings.